The summed E-state index contributed by atoms with van der Waals surface area (Å²) >= 11 is 0. The number of halogens is 1. The Labute approximate surface area is 177 Å². The fourth-order valence-corrected chi connectivity index (χ4v) is 2.44. The molecule has 1 heterocycles. The Bertz CT molecular complexity index is 720. The van der Waals surface area contributed by atoms with Gasteiger partial charge in [0.2, 0.25) is 0 Å². The molecule has 1 aromatic carbocycles. The summed E-state index contributed by atoms with van der Waals surface area (Å²) in [5.41, 5.74) is 1.17. The van der Waals surface area contributed by atoms with Crippen molar-refractivity contribution in [1.82, 2.24) is 25.4 Å². The van der Waals surface area contributed by atoms with Gasteiger partial charge in [-0.3, -0.25) is 9.67 Å². The summed E-state index contributed by atoms with van der Waals surface area (Å²) in [5.74, 6) is 3.15. The van der Waals surface area contributed by atoms with E-state index < -0.39 is 0 Å². The lowest BCUT2D eigenvalue weighted by atomic mass is 10.1. The lowest BCUT2D eigenvalue weighted by Crippen LogP contribution is -2.38. The van der Waals surface area contributed by atoms with Crippen LogP contribution in [0.15, 0.2) is 29.5 Å². The van der Waals surface area contributed by atoms with E-state index in [9.17, 15) is 0 Å². The summed E-state index contributed by atoms with van der Waals surface area (Å²) in [6, 6.07) is 6.06. The lowest BCUT2D eigenvalue weighted by Gasteiger charge is -2.14. The normalized spacial score (nSPS) is 10.9. The molecule has 0 spiro atoms. The van der Waals surface area contributed by atoms with Crippen molar-refractivity contribution >= 4 is 29.9 Å². The third-order valence-electron chi connectivity index (χ3n) is 3.76. The summed E-state index contributed by atoms with van der Waals surface area (Å²) in [5, 5.41) is 10.6. The van der Waals surface area contributed by atoms with Crippen LogP contribution in [-0.2, 0) is 20.0 Å². The molecule has 2 N–H and O–H groups in total. The van der Waals surface area contributed by atoms with Gasteiger partial charge in [-0.25, -0.2) is 4.98 Å². The highest BCUT2D eigenvalue weighted by Gasteiger charge is 2.07. The summed E-state index contributed by atoms with van der Waals surface area (Å²) < 4.78 is 13.0. The minimum atomic E-state index is 0. The highest BCUT2D eigenvalue weighted by atomic mass is 127. The maximum Gasteiger partial charge on any atom is 0.191 e. The molecule has 0 aliphatic heterocycles. The number of hydrogen-bond donors (Lipinski definition) is 2. The number of benzene rings is 1. The predicted octanol–water partition coefficient (Wildman–Crippen LogP) is 2.14. The molecule has 0 aliphatic rings. The van der Waals surface area contributed by atoms with E-state index >= 15 is 0 Å². The Balaban J connectivity index is 0.00000364. The van der Waals surface area contributed by atoms with Gasteiger partial charge in [-0.05, 0) is 38.0 Å². The van der Waals surface area contributed by atoms with Crippen LogP contribution in [-0.4, -0.2) is 47.5 Å². The zero-order valence-corrected chi connectivity index (χ0v) is 18.7. The summed E-state index contributed by atoms with van der Waals surface area (Å²) in [4.78, 5) is 8.41. The van der Waals surface area contributed by atoms with Gasteiger partial charge in [-0.1, -0.05) is 6.07 Å². The van der Waals surface area contributed by atoms with Gasteiger partial charge in [0.05, 0.1) is 19.8 Å². The first-order chi connectivity index (χ1) is 12.7. The number of hydrogen-bond acceptors (Lipinski definition) is 5. The van der Waals surface area contributed by atoms with Gasteiger partial charge in [0.1, 0.15) is 12.2 Å². The highest BCUT2D eigenvalue weighted by molar-refractivity contribution is 14.0. The molecule has 0 saturated heterocycles. The fraction of sp³-hybridized carbons (Fsp3) is 0.500. The van der Waals surface area contributed by atoms with Crippen LogP contribution in [0.3, 0.4) is 0 Å². The van der Waals surface area contributed by atoms with Crippen LogP contribution in [0.25, 0.3) is 0 Å². The average Bonchev–Trinajstić information content (AvgIpc) is 3.05. The van der Waals surface area contributed by atoms with E-state index in [0.717, 1.165) is 36.2 Å². The monoisotopic (exact) mass is 488 g/mol. The average molecular weight is 488 g/mol. The van der Waals surface area contributed by atoms with E-state index in [2.05, 4.69) is 31.8 Å². The summed E-state index contributed by atoms with van der Waals surface area (Å²) in [6.07, 6.45) is 2.38. The number of aryl methyl sites for hydroxylation is 1. The molecule has 0 atom stereocenters. The van der Waals surface area contributed by atoms with Crippen molar-refractivity contribution in [1.29, 1.82) is 0 Å². The number of rotatable bonds is 9. The molecule has 2 rings (SSSR count). The Morgan fingerprint density at radius 3 is 2.52 bits per heavy atom. The second-order valence-corrected chi connectivity index (χ2v) is 5.55. The Morgan fingerprint density at radius 1 is 1.15 bits per heavy atom. The van der Waals surface area contributed by atoms with Crippen LogP contribution < -0.4 is 20.1 Å². The van der Waals surface area contributed by atoms with Gasteiger partial charge in [0.25, 0.3) is 0 Å². The predicted molar refractivity (Wildman–Crippen MR) is 117 cm³/mol. The van der Waals surface area contributed by atoms with E-state index in [1.54, 1.807) is 11.7 Å². The molecule has 0 fully saturated rings. The number of ether oxygens (including phenoxy) is 2. The van der Waals surface area contributed by atoms with Crippen molar-refractivity contribution in [3.05, 3.63) is 35.9 Å². The first-order valence-electron chi connectivity index (χ1n) is 8.83. The van der Waals surface area contributed by atoms with Gasteiger partial charge in [0.15, 0.2) is 17.5 Å². The van der Waals surface area contributed by atoms with Crippen LogP contribution in [0.4, 0.5) is 0 Å². The number of guanidine groups is 1. The zero-order chi connectivity index (χ0) is 18.8. The van der Waals surface area contributed by atoms with Crippen molar-refractivity contribution in [2.75, 3.05) is 26.8 Å². The van der Waals surface area contributed by atoms with Crippen LogP contribution in [0.2, 0.25) is 0 Å². The lowest BCUT2D eigenvalue weighted by molar-refractivity contribution is 0.287. The molecule has 1 aromatic heterocycles. The maximum absolute atomic E-state index is 5.67. The van der Waals surface area contributed by atoms with Crippen molar-refractivity contribution in [2.24, 2.45) is 12.0 Å². The molecular formula is C18H29IN6O2. The molecule has 0 unspecified atom stereocenters. The first-order valence-corrected chi connectivity index (χ1v) is 8.83. The molecule has 8 nitrogen and oxygen atoms in total. The number of nitrogens with one attached hydrogen (secondary N) is 2. The highest BCUT2D eigenvalue weighted by Crippen LogP contribution is 2.28. The van der Waals surface area contributed by atoms with Gasteiger partial charge in [-0.15, -0.1) is 24.0 Å². The quantitative estimate of drug-likeness (QED) is 0.320. The molecule has 9 heteroatoms. The second kappa shape index (κ2) is 12.4. The second-order valence-electron chi connectivity index (χ2n) is 5.55. The molecule has 0 radical (unpaired) electrons. The van der Waals surface area contributed by atoms with Crippen molar-refractivity contribution in [2.45, 2.75) is 26.8 Å². The Kier molecular flexibility index (Phi) is 10.5. The van der Waals surface area contributed by atoms with Gasteiger partial charge in [0, 0.05) is 20.6 Å². The van der Waals surface area contributed by atoms with Gasteiger partial charge in [-0.2, -0.15) is 5.10 Å². The third-order valence-corrected chi connectivity index (χ3v) is 3.76. The first kappa shape index (κ1) is 23.0. The minimum Gasteiger partial charge on any atom is -0.490 e. The molecule has 150 valence electrons. The SMILES string of the molecule is CCOc1ccc(CCNC(=NC)NCc2ncnn2C)cc1OCC.I. The fourth-order valence-electron chi connectivity index (χ4n) is 2.44. The van der Waals surface area contributed by atoms with E-state index in [4.69, 9.17) is 9.47 Å². The molecule has 2 aromatic rings. The smallest absolute Gasteiger partial charge is 0.191 e. The minimum absolute atomic E-state index is 0. The van der Waals surface area contributed by atoms with Crippen LogP contribution in [0.5, 0.6) is 11.5 Å². The number of aromatic nitrogens is 3. The Hall–Kier alpha value is -2.04. The van der Waals surface area contributed by atoms with E-state index in [1.807, 2.05) is 33.0 Å². The third kappa shape index (κ3) is 7.24. The van der Waals surface area contributed by atoms with Crippen LogP contribution >= 0.6 is 24.0 Å². The standard InChI is InChI=1S/C18H28N6O2.HI/c1-5-25-15-8-7-14(11-16(15)26-6-2)9-10-20-18(19-3)21-12-17-22-13-23-24(17)4;/h7-8,11,13H,5-6,9-10,12H2,1-4H3,(H2,19,20,21);1H. The molecule has 0 bridgehead atoms. The Morgan fingerprint density at radius 2 is 1.89 bits per heavy atom. The van der Waals surface area contributed by atoms with Crippen molar-refractivity contribution < 1.29 is 9.47 Å². The molecule has 0 aliphatic carbocycles. The van der Waals surface area contributed by atoms with Gasteiger partial charge >= 0.3 is 0 Å². The molecular weight excluding hydrogens is 459 g/mol. The zero-order valence-electron chi connectivity index (χ0n) is 16.4. The van der Waals surface area contributed by atoms with E-state index in [0.29, 0.717) is 19.8 Å². The number of aliphatic imine (C=N–C) groups is 1. The molecule has 0 amide bonds. The topological polar surface area (TPSA) is 85.6 Å². The number of nitrogens with zero attached hydrogens (tertiary/aromatic N) is 4. The van der Waals surface area contributed by atoms with Crippen molar-refractivity contribution in [3.8, 4) is 11.5 Å². The van der Waals surface area contributed by atoms with Crippen LogP contribution in [0, 0.1) is 0 Å². The summed E-state index contributed by atoms with van der Waals surface area (Å²) in [7, 11) is 3.61. The van der Waals surface area contributed by atoms with E-state index in [-0.39, 0.29) is 24.0 Å². The van der Waals surface area contributed by atoms with E-state index in [1.165, 1.54) is 11.9 Å². The van der Waals surface area contributed by atoms with Gasteiger partial charge < -0.3 is 20.1 Å². The molecule has 0 saturated carbocycles. The summed E-state index contributed by atoms with van der Waals surface area (Å²) in [6.45, 7) is 6.48. The maximum atomic E-state index is 5.67. The largest absolute Gasteiger partial charge is 0.490 e. The molecule has 27 heavy (non-hydrogen) atoms. The van der Waals surface area contributed by atoms with Crippen LogP contribution in [0.1, 0.15) is 25.2 Å². The van der Waals surface area contributed by atoms with Crippen molar-refractivity contribution in [3.63, 3.8) is 0 Å².